The number of oxazole rings is 1. The number of rotatable bonds is 11. The lowest BCUT2D eigenvalue weighted by molar-refractivity contribution is -0.152. The third-order valence-corrected chi connectivity index (χ3v) is 5.21. The first kappa shape index (κ1) is 22.7. The van der Waals surface area contributed by atoms with E-state index in [-0.39, 0.29) is 0 Å². The fraction of sp³-hybridized carbons (Fsp3) is 0.440. The Balaban J connectivity index is 1.65. The van der Waals surface area contributed by atoms with Crippen molar-refractivity contribution in [2.45, 2.75) is 52.6 Å². The fourth-order valence-corrected chi connectivity index (χ4v) is 3.29. The van der Waals surface area contributed by atoms with E-state index in [0.717, 1.165) is 49.0 Å². The van der Waals surface area contributed by atoms with E-state index in [1.54, 1.807) is 19.9 Å². The van der Waals surface area contributed by atoms with Gasteiger partial charge in [0.1, 0.15) is 11.3 Å². The molecule has 2 aromatic carbocycles. The normalized spacial score (nSPS) is 11.8. The van der Waals surface area contributed by atoms with Gasteiger partial charge >= 0.3 is 5.97 Å². The van der Waals surface area contributed by atoms with E-state index >= 15 is 0 Å². The molecule has 1 aromatic heterocycles. The van der Waals surface area contributed by atoms with Crippen LogP contribution in [0.2, 0.25) is 0 Å². The molecule has 0 saturated carbocycles. The number of hydrogen-bond acceptors (Lipinski definition) is 5. The molecule has 0 saturated heterocycles. The predicted molar refractivity (Wildman–Crippen MR) is 123 cm³/mol. The van der Waals surface area contributed by atoms with Gasteiger partial charge in [-0.15, -0.1) is 0 Å². The first-order valence-corrected chi connectivity index (χ1v) is 10.9. The molecule has 1 N–H and O–H groups in total. The first-order chi connectivity index (χ1) is 14.7. The third kappa shape index (κ3) is 6.23. The van der Waals surface area contributed by atoms with Crippen LogP contribution >= 0.6 is 0 Å². The zero-order chi connectivity index (χ0) is 22.4. The maximum atomic E-state index is 11.3. The summed E-state index contributed by atoms with van der Waals surface area (Å²) in [6, 6.07) is 16.2. The predicted octanol–water partition coefficient (Wildman–Crippen LogP) is 5.56. The molecule has 0 bridgehead atoms. The second-order valence-corrected chi connectivity index (χ2v) is 8.80. The van der Waals surface area contributed by atoms with Crippen LogP contribution in [0.3, 0.4) is 0 Å². The van der Waals surface area contributed by atoms with Crippen molar-refractivity contribution in [1.82, 2.24) is 4.98 Å². The summed E-state index contributed by atoms with van der Waals surface area (Å²) in [4.78, 5) is 18.2. The number of nitrogens with zero attached hydrogens (tertiary/aromatic N) is 2. The molecule has 0 aliphatic carbocycles. The quantitative estimate of drug-likeness (QED) is 0.435. The molecule has 0 fully saturated rings. The van der Waals surface area contributed by atoms with Crippen molar-refractivity contribution >= 4 is 23.1 Å². The molecule has 0 radical (unpaired) electrons. The minimum atomic E-state index is -1.26. The van der Waals surface area contributed by atoms with Crippen LogP contribution < -0.4 is 9.64 Å². The van der Waals surface area contributed by atoms with Crippen LogP contribution in [0.4, 0.5) is 6.01 Å². The van der Waals surface area contributed by atoms with Crippen LogP contribution in [0.15, 0.2) is 52.9 Å². The van der Waals surface area contributed by atoms with Gasteiger partial charge in [-0.2, -0.15) is 4.98 Å². The molecular formula is C25H32N2O4. The number of hydrogen-bond donors (Lipinski definition) is 1. The number of carbonyl (C=O) groups is 1. The third-order valence-electron chi connectivity index (χ3n) is 5.21. The Morgan fingerprint density at radius 2 is 1.94 bits per heavy atom. The van der Waals surface area contributed by atoms with Gasteiger partial charge in [-0.05, 0) is 68.9 Å². The molecule has 3 rings (SSSR count). The second kappa shape index (κ2) is 9.86. The summed E-state index contributed by atoms with van der Waals surface area (Å²) in [6.45, 7) is 9.25. The molecule has 6 nitrogen and oxygen atoms in total. The molecule has 0 atom stereocenters. The summed E-state index contributed by atoms with van der Waals surface area (Å²) in [5.74, 6) is 0.177. The average Bonchev–Trinajstić information content (AvgIpc) is 3.14. The minimum absolute atomic E-state index is 0.570. The van der Waals surface area contributed by atoms with Gasteiger partial charge in [0.15, 0.2) is 11.2 Å². The highest BCUT2D eigenvalue weighted by Crippen LogP contribution is 2.24. The number of benzene rings is 2. The number of aliphatic carboxylic acids is 1. The van der Waals surface area contributed by atoms with Gasteiger partial charge in [-0.3, -0.25) is 0 Å². The molecule has 0 aliphatic heterocycles. The average molecular weight is 425 g/mol. The van der Waals surface area contributed by atoms with Gasteiger partial charge in [-0.1, -0.05) is 38.1 Å². The largest absolute Gasteiger partial charge is 0.478 e. The molecule has 0 unspecified atom stereocenters. The van der Waals surface area contributed by atoms with Crippen molar-refractivity contribution in [2.24, 2.45) is 5.92 Å². The Hall–Kier alpha value is -3.02. The zero-order valence-corrected chi connectivity index (χ0v) is 18.8. The van der Waals surface area contributed by atoms with Crippen molar-refractivity contribution in [3.8, 4) is 5.75 Å². The maximum Gasteiger partial charge on any atom is 0.347 e. The van der Waals surface area contributed by atoms with Crippen molar-refractivity contribution in [2.75, 3.05) is 18.0 Å². The Bertz CT molecular complexity index is 976. The van der Waals surface area contributed by atoms with E-state index < -0.39 is 11.6 Å². The minimum Gasteiger partial charge on any atom is -0.478 e. The molecule has 1 heterocycles. The highest BCUT2D eigenvalue weighted by atomic mass is 16.5. The van der Waals surface area contributed by atoms with Crippen molar-refractivity contribution in [3.05, 3.63) is 54.1 Å². The number of carboxylic acids is 1. The number of anilines is 1. The molecule has 0 spiro atoms. The molecular weight excluding hydrogens is 392 g/mol. The lowest BCUT2D eigenvalue weighted by atomic mass is 10.1. The van der Waals surface area contributed by atoms with E-state index in [9.17, 15) is 9.90 Å². The summed E-state index contributed by atoms with van der Waals surface area (Å²) in [6.07, 6.45) is 2.83. The lowest BCUT2D eigenvalue weighted by Crippen LogP contribution is -2.37. The summed E-state index contributed by atoms with van der Waals surface area (Å²) in [5, 5.41) is 9.28. The number of fused-ring (bicyclic) bond motifs is 1. The first-order valence-electron chi connectivity index (χ1n) is 10.9. The summed E-state index contributed by atoms with van der Waals surface area (Å²) >= 11 is 0. The standard InChI is InChI=1S/C25H32N2O4/c1-18(2)14-16-27(24-26-21-12-5-6-13-22(21)30-24)15-8-10-19-9-7-11-20(17-19)31-25(3,4)23(28)29/h5-7,9,11-13,17-18H,8,10,14-16H2,1-4H3,(H,28,29). The van der Waals surface area contributed by atoms with Gasteiger partial charge in [0.05, 0.1) is 0 Å². The van der Waals surface area contributed by atoms with Crippen molar-refractivity contribution in [1.29, 1.82) is 0 Å². The lowest BCUT2D eigenvalue weighted by Gasteiger charge is -2.22. The van der Waals surface area contributed by atoms with E-state index in [1.807, 2.05) is 42.5 Å². The Labute approximate surface area is 183 Å². The smallest absolute Gasteiger partial charge is 0.347 e. The second-order valence-electron chi connectivity index (χ2n) is 8.80. The Morgan fingerprint density at radius 1 is 1.16 bits per heavy atom. The van der Waals surface area contributed by atoms with Gasteiger partial charge < -0.3 is 19.2 Å². The SMILES string of the molecule is CC(C)CCN(CCCc1cccc(OC(C)(C)C(=O)O)c1)c1nc2ccccc2o1. The molecule has 31 heavy (non-hydrogen) atoms. The number of ether oxygens (including phenoxy) is 1. The van der Waals surface area contributed by atoms with E-state index in [0.29, 0.717) is 17.7 Å². The van der Waals surface area contributed by atoms with Crippen molar-refractivity contribution < 1.29 is 19.1 Å². The van der Waals surface area contributed by atoms with Crippen LogP contribution in [-0.4, -0.2) is 34.8 Å². The van der Waals surface area contributed by atoms with E-state index in [1.165, 1.54) is 0 Å². The monoisotopic (exact) mass is 424 g/mol. The van der Waals surface area contributed by atoms with E-state index in [4.69, 9.17) is 9.15 Å². The van der Waals surface area contributed by atoms with Crippen molar-refractivity contribution in [3.63, 3.8) is 0 Å². The molecule has 6 heteroatoms. The van der Waals surface area contributed by atoms with E-state index in [2.05, 4.69) is 23.7 Å². The zero-order valence-electron chi connectivity index (χ0n) is 18.8. The Morgan fingerprint density at radius 3 is 2.65 bits per heavy atom. The summed E-state index contributed by atoms with van der Waals surface area (Å²) in [5.41, 5.74) is 1.52. The highest BCUT2D eigenvalue weighted by molar-refractivity contribution is 5.76. The van der Waals surface area contributed by atoms with Crippen LogP contribution in [0.25, 0.3) is 11.1 Å². The number of aromatic nitrogens is 1. The van der Waals surface area contributed by atoms with Crippen LogP contribution in [0.5, 0.6) is 5.75 Å². The van der Waals surface area contributed by atoms with Crippen LogP contribution in [0.1, 0.15) is 46.1 Å². The van der Waals surface area contributed by atoms with Crippen LogP contribution in [-0.2, 0) is 11.2 Å². The van der Waals surface area contributed by atoms with Crippen LogP contribution in [0, 0.1) is 5.92 Å². The molecule has 0 aliphatic rings. The highest BCUT2D eigenvalue weighted by Gasteiger charge is 2.29. The summed E-state index contributed by atoms with van der Waals surface area (Å²) < 4.78 is 11.7. The molecule has 3 aromatic rings. The maximum absolute atomic E-state index is 11.3. The van der Waals surface area contributed by atoms with Gasteiger partial charge in [0.25, 0.3) is 6.01 Å². The summed E-state index contributed by atoms with van der Waals surface area (Å²) in [7, 11) is 0. The molecule has 0 amide bonds. The molecule has 166 valence electrons. The van der Waals surface area contributed by atoms with Gasteiger partial charge in [0, 0.05) is 13.1 Å². The van der Waals surface area contributed by atoms with Gasteiger partial charge in [-0.25, -0.2) is 4.79 Å². The topological polar surface area (TPSA) is 75.8 Å². The number of carboxylic acid groups (broad SMARTS) is 1. The number of para-hydroxylation sites is 2. The Kier molecular flexibility index (Phi) is 7.21. The van der Waals surface area contributed by atoms with Gasteiger partial charge in [0.2, 0.25) is 0 Å². The fourth-order valence-electron chi connectivity index (χ4n) is 3.29. The number of aryl methyl sites for hydroxylation is 1.